The van der Waals surface area contributed by atoms with Gasteiger partial charge in [0.25, 0.3) is 0 Å². The Morgan fingerprint density at radius 2 is 2.60 bits per heavy atom. The van der Waals surface area contributed by atoms with Crippen LogP contribution < -0.4 is 10.6 Å². The van der Waals surface area contributed by atoms with Crippen LogP contribution in [0, 0.1) is 0 Å². The number of thiophene rings is 1. The summed E-state index contributed by atoms with van der Waals surface area (Å²) in [4.78, 5) is 0. The van der Waals surface area contributed by atoms with Crippen molar-refractivity contribution in [2.75, 3.05) is 13.1 Å². The summed E-state index contributed by atoms with van der Waals surface area (Å²) in [5.74, 6) is 0. The van der Waals surface area contributed by atoms with Crippen molar-refractivity contribution in [3.05, 3.63) is 22.4 Å². The van der Waals surface area contributed by atoms with E-state index < -0.39 is 0 Å². The van der Waals surface area contributed by atoms with Crippen LogP contribution in [-0.4, -0.2) is 25.2 Å². The molecule has 1 aliphatic heterocycles. The highest BCUT2D eigenvalue weighted by Gasteiger charge is 2.14. The van der Waals surface area contributed by atoms with Crippen molar-refractivity contribution in [3.8, 4) is 0 Å². The third-order valence-corrected chi connectivity index (χ3v) is 3.67. The molecule has 15 heavy (non-hydrogen) atoms. The van der Waals surface area contributed by atoms with Crippen molar-refractivity contribution >= 4 is 11.3 Å². The third kappa shape index (κ3) is 3.59. The van der Waals surface area contributed by atoms with E-state index in [1.807, 2.05) is 0 Å². The highest BCUT2D eigenvalue weighted by Crippen LogP contribution is 2.10. The van der Waals surface area contributed by atoms with Gasteiger partial charge in [0.05, 0.1) is 0 Å². The molecular weight excluding hydrogens is 204 g/mol. The first kappa shape index (κ1) is 11.1. The average molecular weight is 224 g/mol. The second-order valence-electron chi connectivity index (χ2n) is 4.45. The summed E-state index contributed by atoms with van der Waals surface area (Å²) in [5, 5.41) is 11.5. The van der Waals surface area contributed by atoms with Gasteiger partial charge in [0.15, 0.2) is 0 Å². The standard InChI is InChI=1S/C12H20N2S/c1-10(7-11-4-6-15-9-11)14-12-3-2-5-13-8-12/h4,6,9-10,12-14H,2-3,5,7-8H2,1H3. The second-order valence-corrected chi connectivity index (χ2v) is 5.23. The molecule has 1 saturated heterocycles. The van der Waals surface area contributed by atoms with Crippen molar-refractivity contribution in [1.82, 2.24) is 10.6 Å². The fraction of sp³-hybridized carbons (Fsp3) is 0.667. The van der Waals surface area contributed by atoms with Crippen molar-refractivity contribution in [3.63, 3.8) is 0 Å². The summed E-state index contributed by atoms with van der Waals surface area (Å²) in [6.45, 7) is 4.61. The SMILES string of the molecule is CC(Cc1ccsc1)NC1CCCNC1. The Morgan fingerprint density at radius 1 is 1.67 bits per heavy atom. The Bertz CT molecular complexity index is 265. The minimum atomic E-state index is 0.587. The zero-order chi connectivity index (χ0) is 10.5. The van der Waals surface area contributed by atoms with Gasteiger partial charge in [0, 0.05) is 18.6 Å². The van der Waals surface area contributed by atoms with Gasteiger partial charge in [-0.1, -0.05) is 0 Å². The van der Waals surface area contributed by atoms with E-state index in [4.69, 9.17) is 0 Å². The van der Waals surface area contributed by atoms with E-state index in [1.165, 1.54) is 24.9 Å². The van der Waals surface area contributed by atoms with Gasteiger partial charge in [-0.3, -0.25) is 0 Å². The molecule has 0 aliphatic carbocycles. The predicted octanol–water partition coefficient (Wildman–Crippen LogP) is 2.02. The highest BCUT2D eigenvalue weighted by atomic mass is 32.1. The molecule has 2 heterocycles. The van der Waals surface area contributed by atoms with Gasteiger partial charge in [-0.25, -0.2) is 0 Å². The van der Waals surface area contributed by atoms with Gasteiger partial charge in [-0.05, 0) is 55.1 Å². The summed E-state index contributed by atoms with van der Waals surface area (Å²) in [6.07, 6.45) is 3.78. The van der Waals surface area contributed by atoms with Gasteiger partial charge < -0.3 is 10.6 Å². The first-order chi connectivity index (χ1) is 7.34. The van der Waals surface area contributed by atoms with Crippen molar-refractivity contribution < 1.29 is 0 Å². The normalized spacial score (nSPS) is 23.9. The van der Waals surface area contributed by atoms with Crippen LogP contribution >= 0.6 is 11.3 Å². The molecule has 0 bridgehead atoms. The van der Waals surface area contributed by atoms with Crippen LogP contribution in [0.3, 0.4) is 0 Å². The highest BCUT2D eigenvalue weighted by molar-refractivity contribution is 7.07. The maximum absolute atomic E-state index is 3.70. The van der Waals surface area contributed by atoms with Crippen molar-refractivity contribution in [1.29, 1.82) is 0 Å². The zero-order valence-electron chi connectivity index (χ0n) is 9.33. The average Bonchev–Trinajstić information content (AvgIpc) is 2.71. The Labute approximate surface area is 96.1 Å². The number of hydrogen-bond acceptors (Lipinski definition) is 3. The van der Waals surface area contributed by atoms with E-state index in [2.05, 4.69) is 34.4 Å². The number of hydrogen-bond donors (Lipinski definition) is 2. The van der Waals surface area contributed by atoms with Crippen LogP contribution in [0.2, 0.25) is 0 Å². The maximum Gasteiger partial charge on any atom is 0.0195 e. The molecule has 3 heteroatoms. The molecule has 0 amide bonds. The Hall–Kier alpha value is -0.380. The van der Waals surface area contributed by atoms with E-state index in [1.54, 1.807) is 11.3 Å². The fourth-order valence-corrected chi connectivity index (χ4v) is 2.90. The van der Waals surface area contributed by atoms with Crippen molar-refractivity contribution in [2.45, 2.75) is 38.3 Å². The molecule has 1 aliphatic rings. The topological polar surface area (TPSA) is 24.1 Å². The quantitative estimate of drug-likeness (QED) is 0.817. The van der Waals surface area contributed by atoms with Crippen LogP contribution in [0.4, 0.5) is 0 Å². The van der Waals surface area contributed by atoms with Crippen LogP contribution in [-0.2, 0) is 6.42 Å². The van der Waals surface area contributed by atoms with E-state index in [-0.39, 0.29) is 0 Å². The van der Waals surface area contributed by atoms with Gasteiger partial charge in [-0.2, -0.15) is 11.3 Å². The van der Waals surface area contributed by atoms with Gasteiger partial charge in [0.1, 0.15) is 0 Å². The lowest BCUT2D eigenvalue weighted by atomic mass is 10.0. The minimum absolute atomic E-state index is 0.587. The van der Waals surface area contributed by atoms with Gasteiger partial charge in [-0.15, -0.1) is 0 Å². The molecule has 1 fully saturated rings. The molecule has 2 rings (SSSR count). The fourth-order valence-electron chi connectivity index (χ4n) is 2.22. The smallest absolute Gasteiger partial charge is 0.0195 e. The molecule has 0 saturated carbocycles. The van der Waals surface area contributed by atoms with Crippen molar-refractivity contribution in [2.24, 2.45) is 0 Å². The molecule has 1 aromatic rings. The first-order valence-corrected chi connectivity index (χ1v) is 6.77. The molecule has 2 N–H and O–H groups in total. The van der Waals surface area contributed by atoms with Crippen LogP contribution in [0.1, 0.15) is 25.3 Å². The number of rotatable bonds is 4. The Morgan fingerprint density at radius 3 is 3.27 bits per heavy atom. The molecule has 2 nitrogen and oxygen atoms in total. The lowest BCUT2D eigenvalue weighted by Gasteiger charge is -2.27. The van der Waals surface area contributed by atoms with E-state index in [0.29, 0.717) is 12.1 Å². The number of nitrogens with one attached hydrogen (secondary N) is 2. The molecule has 0 aromatic carbocycles. The molecule has 0 radical (unpaired) electrons. The molecule has 84 valence electrons. The minimum Gasteiger partial charge on any atom is -0.315 e. The first-order valence-electron chi connectivity index (χ1n) is 5.82. The molecule has 0 spiro atoms. The largest absolute Gasteiger partial charge is 0.315 e. The molecule has 1 aromatic heterocycles. The lowest BCUT2D eigenvalue weighted by molar-refractivity contribution is 0.357. The van der Waals surface area contributed by atoms with E-state index >= 15 is 0 Å². The summed E-state index contributed by atoms with van der Waals surface area (Å²) in [7, 11) is 0. The molecule has 2 unspecified atom stereocenters. The van der Waals surface area contributed by atoms with E-state index in [9.17, 15) is 0 Å². The summed E-state index contributed by atoms with van der Waals surface area (Å²) >= 11 is 1.79. The zero-order valence-corrected chi connectivity index (χ0v) is 10.1. The summed E-state index contributed by atoms with van der Waals surface area (Å²) in [6, 6.07) is 3.49. The monoisotopic (exact) mass is 224 g/mol. The third-order valence-electron chi connectivity index (χ3n) is 2.94. The molecule has 2 atom stereocenters. The molecular formula is C12H20N2S. The second kappa shape index (κ2) is 5.64. The number of piperidine rings is 1. The summed E-state index contributed by atoms with van der Waals surface area (Å²) < 4.78 is 0. The maximum atomic E-state index is 3.70. The van der Waals surface area contributed by atoms with Crippen LogP contribution in [0.5, 0.6) is 0 Å². The summed E-state index contributed by atoms with van der Waals surface area (Å²) in [5.41, 5.74) is 1.46. The van der Waals surface area contributed by atoms with Gasteiger partial charge in [0.2, 0.25) is 0 Å². The Balaban J connectivity index is 1.74. The Kier molecular flexibility index (Phi) is 4.18. The predicted molar refractivity (Wildman–Crippen MR) is 66.5 cm³/mol. The van der Waals surface area contributed by atoms with E-state index in [0.717, 1.165) is 13.0 Å². The van der Waals surface area contributed by atoms with Gasteiger partial charge >= 0.3 is 0 Å². The van der Waals surface area contributed by atoms with Crippen LogP contribution in [0.15, 0.2) is 16.8 Å². The van der Waals surface area contributed by atoms with Crippen LogP contribution in [0.25, 0.3) is 0 Å². The lowest BCUT2D eigenvalue weighted by Crippen LogP contribution is -2.47.